The number of aromatic nitrogens is 6. The lowest BCUT2D eigenvalue weighted by atomic mass is 9.88. The number of carbonyl (C=O) groups excluding carboxylic acids is 2. The zero-order chi connectivity index (χ0) is 39.2. The van der Waals surface area contributed by atoms with Crippen LogP contribution < -0.4 is 10.6 Å². The number of nitrogens with one attached hydrogen (secondary N) is 4. The average molecular weight is 759 g/mol. The molecule has 2 amide bonds. The van der Waals surface area contributed by atoms with Gasteiger partial charge in [0.1, 0.15) is 17.2 Å². The van der Waals surface area contributed by atoms with Gasteiger partial charge in [-0.05, 0) is 96.0 Å². The summed E-state index contributed by atoms with van der Waals surface area (Å²) in [5.74, 6) is -2.69. The molecule has 0 atom stereocenters. The second kappa shape index (κ2) is 17.1. The van der Waals surface area contributed by atoms with Gasteiger partial charge in [-0.25, -0.2) is 13.2 Å². The van der Waals surface area contributed by atoms with E-state index < -0.39 is 28.3 Å². The maximum absolute atomic E-state index is 15.0. The van der Waals surface area contributed by atoms with E-state index in [1.807, 2.05) is 58.0 Å². The molecule has 15 heteroatoms. The molecule has 55 heavy (non-hydrogen) atoms. The van der Waals surface area contributed by atoms with Gasteiger partial charge in [0.25, 0.3) is 0 Å². The van der Waals surface area contributed by atoms with Crippen LogP contribution in [0.4, 0.5) is 24.8 Å². The van der Waals surface area contributed by atoms with Crippen LogP contribution in [0.15, 0.2) is 55.0 Å². The number of benzene rings is 1. The van der Waals surface area contributed by atoms with Gasteiger partial charge in [0, 0.05) is 39.7 Å². The van der Waals surface area contributed by atoms with Gasteiger partial charge in [0.2, 0.25) is 11.8 Å². The predicted molar refractivity (Wildman–Crippen MR) is 206 cm³/mol. The number of aromatic amines is 2. The van der Waals surface area contributed by atoms with E-state index in [0.29, 0.717) is 18.4 Å². The molecule has 292 valence electrons. The van der Waals surface area contributed by atoms with Crippen molar-refractivity contribution >= 4 is 34.4 Å². The topological polar surface area (TPSA) is 148 Å². The number of amides is 2. The average Bonchev–Trinajstić information content (AvgIpc) is 4.01. The number of nitrogens with zero attached hydrogens (tertiary/aromatic N) is 6. The number of hydrogen-bond acceptors (Lipinski definition) is 8. The number of carbonyl (C=O) groups is 2. The quantitative estimate of drug-likeness (QED) is 0.103. The Bertz CT molecular complexity index is 2100. The van der Waals surface area contributed by atoms with Gasteiger partial charge in [-0.15, -0.1) is 0 Å². The Kier molecular flexibility index (Phi) is 12.3. The third-order valence-electron chi connectivity index (χ3n) is 10.5. The number of rotatable bonds is 12. The minimum Gasteiger partial charge on any atom is -0.306 e. The molecule has 7 rings (SSSR count). The van der Waals surface area contributed by atoms with Crippen LogP contribution >= 0.6 is 0 Å². The Hall–Kier alpha value is -5.15. The van der Waals surface area contributed by atoms with Crippen molar-refractivity contribution in [3.8, 4) is 22.5 Å². The van der Waals surface area contributed by atoms with Crippen molar-refractivity contribution in [2.24, 2.45) is 10.8 Å². The maximum atomic E-state index is 15.0. The fourth-order valence-corrected chi connectivity index (χ4v) is 6.63. The van der Waals surface area contributed by atoms with Crippen LogP contribution in [-0.4, -0.2) is 91.2 Å². The molecule has 2 saturated heterocycles. The normalized spacial score (nSPS) is 15.3. The number of hydrogen-bond donors (Lipinski definition) is 4. The molecule has 2 fully saturated rings. The molecular weight excluding hydrogens is 710 g/mol. The van der Waals surface area contributed by atoms with Crippen LogP contribution in [0.5, 0.6) is 0 Å². The smallest absolute Gasteiger partial charge is 0.231 e. The van der Waals surface area contributed by atoms with Gasteiger partial charge in [0.05, 0.1) is 11.7 Å². The van der Waals surface area contributed by atoms with Crippen LogP contribution in [0.2, 0.25) is 0 Å². The highest BCUT2D eigenvalue weighted by molar-refractivity contribution is 5.95. The predicted octanol–water partition coefficient (Wildman–Crippen LogP) is 7.42. The van der Waals surface area contributed by atoms with Gasteiger partial charge >= 0.3 is 0 Å². The monoisotopic (exact) mass is 758 g/mol. The van der Waals surface area contributed by atoms with Gasteiger partial charge in [-0.1, -0.05) is 45.9 Å². The molecule has 1 aromatic carbocycles. The molecule has 2 aliphatic rings. The highest BCUT2D eigenvalue weighted by atomic mass is 19.1. The lowest BCUT2D eigenvalue weighted by Crippen LogP contribution is -2.35. The first-order chi connectivity index (χ1) is 26.3. The summed E-state index contributed by atoms with van der Waals surface area (Å²) in [6.07, 6.45) is 10.2. The molecule has 12 nitrogen and oxygen atoms in total. The molecule has 5 aromatic rings. The molecule has 0 radical (unpaired) electrons. The number of likely N-dealkylation sites (tertiary alicyclic amines) is 2. The third kappa shape index (κ3) is 9.75. The van der Waals surface area contributed by atoms with Gasteiger partial charge in [-0.3, -0.25) is 29.8 Å². The van der Waals surface area contributed by atoms with Crippen LogP contribution in [0.25, 0.3) is 33.4 Å². The minimum atomic E-state index is -0.735. The fraction of sp³-hybridized carbons (Fsp3) is 0.450. The first kappa shape index (κ1) is 39.5. The van der Waals surface area contributed by atoms with Crippen molar-refractivity contribution in [1.29, 1.82) is 0 Å². The number of H-pyrrole nitrogens is 2. The molecule has 4 aromatic heterocycles. The van der Waals surface area contributed by atoms with Crippen molar-refractivity contribution in [3.05, 3.63) is 72.4 Å². The zero-order valence-electron chi connectivity index (χ0n) is 31.8. The van der Waals surface area contributed by atoms with Crippen molar-refractivity contribution < 1.29 is 22.8 Å². The van der Waals surface area contributed by atoms with Gasteiger partial charge in [-0.2, -0.15) is 10.2 Å². The number of halogens is 3. The molecule has 0 saturated carbocycles. The maximum Gasteiger partial charge on any atom is 0.231 e. The van der Waals surface area contributed by atoms with Crippen LogP contribution in [0, 0.1) is 28.3 Å². The lowest BCUT2D eigenvalue weighted by Gasteiger charge is -2.25. The Balaban J connectivity index is 0.000000188. The molecule has 0 bridgehead atoms. The van der Waals surface area contributed by atoms with E-state index in [1.165, 1.54) is 31.9 Å². The second-order valence-corrected chi connectivity index (χ2v) is 15.6. The number of anilines is 2. The van der Waals surface area contributed by atoms with E-state index in [1.54, 1.807) is 6.20 Å². The molecule has 0 unspecified atom stereocenters. The summed E-state index contributed by atoms with van der Waals surface area (Å²) in [6.45, 7) is 13.5. The molecule has 6 heterocycles. The van der Waals surface area contributed by atoms with E-state index in [2.05, 4.69) is 50.8 Å². The Labute approximate surface area is 318 Å². The second-order valence-electron chi connectivity index (χ2n) is 15.6. The summed E-state index contributed by atoms with van der Waals surface area (Å²) in [4.78, 5) is 38.1. The van der Waals surface area contributed by atoms with E-state index in [9.17, 15) is 22.8 Å². The summed E-state index contributed by atoms with van der Waals surface area (Å²) in [5.41, 5.74) is 0.582. The minimum absolute atomic E-state index is 0.0119. The van der Waals surface area contributed by atoms with Crippen LogP contribution in [0.3, 0.4) is 0 Å². The van der Waals surface area contributed by atoms with E-state index in [0.717, 1.165) is 62.4 Å². The summed E-state index contributed by atoms with van der Waals surface area (Å²) in [7, 11) is 0. The van der Waals surface area contributed by atoms with Crippen LogP contribution in [-0.2, 0) is 9.59 Å². The summed E-state index contributed by atoms with van der Waals surface area (Å²) in [6, 6.07) is 10.6. The van der Waals surface area contributed by atoms with Crippen molar-refractivity contribution in [3.63, 3.8) is 0 Å². The van der Waals surface area contributed by atoms with E-state index in [-0.39, 0.29) is 40.4 Å². The lowest BCUT2D eigenvalue weighted by molar-refractivity contribution is -0.125. The van der Waals surface area contributed by atoms with E-state index >= 15 is 0 Å². The molecule has 2 aliphatic heterocycles. The zero-order valence-corrected chi connectivity index (χ0v) is 31.8. The first-order valence-electron chi connectivity index (χ1n) is 18.8. The molecule has 0 spiro atoms. The number of para-hydroxylation sites is 1. The molecular formula is C40H49F3N10O2. The number of pyridine rings is 2. The third-order valence-corrected chi connectivity index (χ3v) is 10.5. The Morgan fingerprint density at radius 1 is 0.709 bits per heavy atom. The highest BCUT2D eigenvalue weighted by Gasteiger charge is 2.32. The number of fused-ring (bicyclic) bond motifs is 1. The van der Waals surface area contributed by atoms with Gasteiger partial charge < -0.3 is 20.4 Å². The van der Waals surface area contributed by atoms with E-state index in [4.69, 9.17) is 0 Å². The van der Waals surface area contributed by atoms with Crippen molar-refractivity contribution in [2.75, 3.05) is 49.9 Å². The Morgan fingerprint density at radius 3 is 1.71 bits per heavy atom. The summed E-state index contributed by atoms with van der Waals surface area (Å²) < 4.78 is 42.8. The fourth-order valence-electron chi connectivity index (χ4n) is 6.63. The summed E-state index contributed by atoms with van der Waals surface area (Å²) in [5, 5.41) is 19.1. The highest BCUT2D eigenvalue weighted by Crippen LogP contribution is 2.31. The van der Waals surface area contributed by atoms with Crippen molar-refractivity contribution in [1.82, 2.24) is 40.2 Å². The Morgan fingerprint density at radius 2 is 1.20 bits per heavy atom. The largest absolute Gasteiger partial charge is 0.306 e. The molecule has 4 N–H and O–H groups in total. The standard InChI is InChI=1S/C22H26FN5O.C18H23F2N5O/c1-22(2,9-12-28-10-5-6-11-28)21(29)25-20-18(23)19(26-27-20)16-13-15-7-3-4-8-17(15)24-14-16;1-18(2,5-8-25-6-3-4-7-25)17(26)22-16-14(20)15(23-24-16)12-9-13(19)11-21-10-12/h3-4,7-8,13-14H,5-6,9-12H2,1-2H3,(H2,25,26,27,29);9-11H,3-8H2,1-2H3,(H2,22,23,24,26). The first-order valence-corrected chi connectivity index (χ1v) is 18.8. The molecule has 0 aliphatic carbocycles. The van der Waals surface area contributed by atoms with Gasteiger partial charge in [0.15, 0.2) is 23.3 Å². The SMILES string of the molecule is CC(C)(CCN1CCCC1)C(=O)Nc1n[nH]c(-c2cnc3ccccc3c2)c1F.CC(C)(CCN1CCCC1)C(=O)Nc1n[nH]c(-c2cncc(F)c2)c1F. The van der Waals surface area contributed by atoms with Crippen molar-refractivity contribution in [2.45, 2.75) is 66.2 Å². The summed E-state index contributed by atoms with van der Waals surface area (Å²) >= 11 is 0. The van der Waals surface area contributed by atoms with Crippen LogP contribution in [0.1, 0.15) is 66.2 Å².